The number of nitrogens with one attached hydrogen (secondary N) is 1. The summed E-state index contributed by atoms with van der Waals surface area (Å²) in [6.07, 6.45) is 0.854. The first-order valence-corrected chi connectivity index (χ1v) is 6.43. The Morgan fingerprint density at radius 2 is 2.11 bits per heavy atom. The van der Waals surface area contributed by atoms with Crippen molar-refractivity contribution in [3.05, 3.63) is 35.9 Å². The fourth-order valence-electron chi connectivity index (χ4n) is 2.29. The van der Waals surface area contributed by atoms with Gasteiger partial charge in [-0.3, -0.25) is 14.5 Å². The highest BCUT2D eigenvalue weighted by molar-refractivity contribution is 5.79. The molecular weight excluding hydrogens is 244 g/mol. The molecule has 1 aliphatic heterocycles. The number of hydrogen-bond acceptors (Lipinski definition) is 3. The van der Waals surface area contributed by atoms with E-state index in [4.69, 9.17) is 0 Å². The summed E-state index contributed by atoms with van der Waals surface area (Å²) in [6, 6.07) is 9.16. The third kappa shape index (κ3) is 3.79. The molecule has 0 spiro atoms. The third-order valence-corrected chi connectivity index (χ3v) is 3.28. The molecule has 19 heavy (non-hydrogen) atoms. The van der Waals surface area contributed by atoms with E-state index in [1.807, 2.05) is 35.2 Å². The molecule has 0 bridgehead atoms. The first-order chi connectivity index (χ1) is 9.16. The fraction of sp³-hybridized carbons (Fsp3) is 0.429. The van der Waals surface area contributed by atoms with Crippen molar-refractivity contribution >= 4 is 11.9 Å². The fourth-order valence-corrected chi connectivity index (χ4v) is 2.29. The molecule has 1 heterocycles. The van der Waals surface area contributed by atoms with Gasteiger partial charge in [0.1, 0.15) is 0 Å². The van der Waals surface area contributed by atoms with Crippen LogP contribution in [0.3, 0.4) is 0 Å². The van der Waals surface area contributed by atoms with Gasteiger partial charge in [-0.1, -0.05) is 30.3 Å². The van der Waals surface area contributed by atoms with E-state index >= 15 is 0 Å². The third-order valence-electron chi connectivity index (χ3n) is 3.28. The van der Waals surface area contributed by atoms with Gasteiger partial charge in [0.15, 0.2) is 0 Å². The Balaban J connectivity index is 2.08. The monoisotopic (exact) mass is 262 g/mol. The van der Waals surface area contributed by atoms with Crippen LogP contribution < -0.4 is 5.32 Å². The highest BCUT2D eigenvalue weighted by Gasteiger charge is 2.24. The highest BCUT2D eigenvalue weighted by Crippen LogP contribution is 2.17. The molecule has 0 radical (unpaired) electrons. The van der Waals surface area contributed by atoms with Gasteiger partial charge in [0, 0.05) is 19.6 Å². The second kappa shape index (κ2) is 6.33. The van der Waals surface area contributed by atoms with Crippen LogP contribution in [0, 0.1) is 0 Å². The van der Waals surface area contributed by atoms with Crippen molar-refractivity contribution < 1.29 is 14.7 Å². The predicted molar refractivity (Wildman–Crippen MR) is 70.9 cm³/mol. The van der Waals surface area contributed by atoms with E-state index in [9.17, 15) is 14.7 Å². The molecule has 1 amide bonds. The average Bonchev–Trinajstić information content (AvgIpc) is 2.61. The van der Waals surface area contributed by atoms with E-state index < -0.39 is 11.9 Å². The quantitative estimate of drug-likeness (QED) is 0.837. The molecule has 2 rings (SSSR count). The van der Waals surface area contributed by atoms with E-state index in [0.29, 0.717) is 13.1 Å². The van der Waals surface area contributed by atoms with Crippen molar-refractivity contribution in [1.29, 1.82) is 0 Å². The maximum Gasteiger partial charge on any atom is 0.312 e. The molecule has 5 nitrogen and oxygen atoms in total. The number of carbonyl (C=O) groups is 2. The lowest BCUT2D eigenvalue weighted by molar-refractivity contribution is -0.139. The van der Waals surface area contributed by atoms with E-state index in [-0.39, 0.29) is 12.5 Å². The topological polar surface area (TPSA) is 69.6 Å². The Labute approximate surface area is 112 Å². The number of aliphatic carboxylic acids is 1. The molecule has 102 valence electrons. The zero-order valence-corrected chi connectivity index (χ0v) is 10.7. The molecule has 1 atom stereocenters. The minimum absolute atomic E-state index is 0.0327. The highest BCUT2D eigenvalue weighted by atomic mass is 16.4. The number of rotatable bonds is 4. The lowest BCUT2D eigenvalue weighted by Gasteiger charge is -2.23. The summed E-state index contributed by atoms with van der Waals surface area (Å²) in [5, 5.41) is 12.2. The standard InChI is InChI=1S/C14H18N2O3/c17-13-10-16(8-4-7-15-13)9-12(14(18)19)11-5-2-1-3-6-11/h1-3,5-6,12H,4,7-10H2,(H,15,17)(H,18,19). The predicted octanol–water partition coefficient (Wildman–Crippen LogP) is 0.677. The molecule has 1 aromatic rings. The minimum Gasteiger partial charge on any atom is -0.481 e. The van der Waals surface area contributed by atoms with Gasteiger partial charge >= 0.3 is 5.97 Å². The summed E-state index contributed by atoms with van der Waals surface area (Å²) in [4.78, 5) is 24.8. The van der Waals surface area contributed by atoms with Crippen LogP contribution in [0.25, 0.3) is 0 Å². The molecule has 0 aliphatic carbocycles. The zero-order chi connectivity index (χ0) is 13.7. The van der Waals surface area contributed by atoms with Crippen molar-refractivity contribution in [2.45, 2.75) is 12.3 Å². The van der Waals surface area contributed by atoms with Crippen LogP contribution in [0.5, 0.6) is 0 Å². The summed E-state index contributed by atoms with van der Waals surface area (Å²) in [6.45, 7) is 2.05. The zero-order valence-electron chi connectivity index (χ0n) is 10.7. The number of nitrogens with zero attached hydrogens (tertiary/aromatic N) is 1. The Hall–Kier alpha value is -1.88. The molecule has 5 heteroatoms. The molecule has 2 N–H and O–H groups in total. The summed E-state index contributed by atoms with van der Waals surface area (Å²) in [5.41, 5.74) is 0.777. The van der Waals surface area contributed by atoms with Crippen molar-refractivity contribution in [2.75, 3.05) is 26.2 Å². The minimum atomic E-state index is -0.851. The van der Waals surface area contributed by atoms with Gasteiger partial charge in [0.25, 0.3) is 0 Å². The lowest BCUT2D eigenvalue weighted by atomic mass is 9.98. The maximum absolute atomic E-state index is 11.5. The summed E-state index contributed by atoms with van der Waals surface area (Å²) in [5.74, 6) is -1.47. The van der Waals surface area contributed by atoms with Crippen LogP contribution in [-0.2, 0) is 9.59 Å². The van der Waals surface area contributed by atoms with Gasteiger partial charge < -0.3 is 10.4 Å². The molecule has 1 saturated heterocycles. The van der Waals surface area contributed by atoms with Crippen molar-refractivity contribution in [3.63, 3.8) is 0 Å². The molecule has 0 saturated carbocycles. The van der Waals surface area contributed by atoms with Crippen molar-refractivity contribution in [1.82, 2.24) is 10.2 Å². The molecular formula is C14H18N2O3. The Morgan fingerprint density at radius 3 is 2.79 bits per heavy atom. The van der Waals surface area contributed by atoms with Gasteiger partial charge in [-0.25, -0.2) is 0 Å². The van der Waals surface area contributed by atoms with Crippen molar-refractivity contribution in [3.8, 4) is 0 Å². The summed E-state index contributed by atoms with van der Waals surface area (Å²) >= 11 is 0. The van der Waals surface area contributed by atoms with Gasteiger partial charge in [-0.15, -0.1) is 0 Å². The first kappa shape index (κ1) is 13.5. The second-order valence-electron chi connectivity index (χ2n) is 4.74. The van der Waals surface area contributed by atoms with E-state index in [2.05, 4.69) is 5.32 Å². The maximum atomic E-state index is 11.5. The number of carboxylic acid groups (broad SMARTS) is 1. The Bertz CT molecular complexity index is 447. The Morgan fingerprint density at radius 1 is 1.37 bits per heavy atom. The number of hydrogen-bond donors (Lipinski definition) is 2. The molecule has 1 aliphatic rings. The van der Waals surface area contributed by atoms with E-state index in [1.165, 1.54) is 0 Å². The molecule has 1 unspecified atom stereocenters. The van der Waals surface area contributed by atoms with E-state index in [1.54, 1.807) is 0 Å². The van der Waals surface area contributed by atoms with Crippen LogP contribution >= 0.6 is 0 Å². The van der Waals surface area contributed by atoms with Gasteiger partial charge in [0.2, 0.25) is 5.91 Å². The number of amides is 1. The van der Waals surface area contributed by atoms with Crippen LogP contribution in [0.1, 0.15) is 17.9 Å². The van der Waals surface area contributed by atoms with Gasteiger partial charge in [0.05, 0.1) is 12.5 Å². The second-order valence-corrected chi connectivity index (χ2v) is 4.74. The molecule has 0 aromatic heterocycles. The number of benzene rings is 1. The smallest absolute Gasteiger partial charge is 0.312 e. The number of carbonyl (C=O) groups excluding carboxylic acids is 1. The lowest BCUT2D eigenvalue weighted by Crippen LogP contribution is -2.37. The SMILES string of the molecule is O=C1CN(CC(C(=O)O)c2ccccc2)CCCN1. The number of carboxylic acids is 1. The summed E-state index contributed by atoms with van der Waals surface area (Å²) < 4.78 is 0. The largest absolute Gasteiger partial charge is 0.481 e. The Kier molecular flexibility index (Phi) is 4.52. The first-order valence-electron chi connectivity index (χ1n) is 6.43. The van der Waals surface area contributed by atoms with Crippen LogP contribution in [-0.4, -0.2) is 48.1 Å². The van der Waals surface area contributed by atoms with Crippen LogP contribution in [0.4, 0.5) is 0 Å². The van der Waals surface area contributed by atoms with E-state index in [0.717, 1.165) is 18.5 Å². The van der Waals surface area contributed by atoms with Crippen LogP contribution in [0.2, 0.25) is 0 Å². The van der Waals surface area contributed by atoms with Crippen molar-refractivity contribution in [2.24, 2.45) is 0 Å². The average molecular weight is 262 g/mol. The summed E-state index contributed by atoms with van der Waals surface area (Å²) in [7, 11) is 0. The van der Waals surface area contributed by atoms with Crippen LogP contribution in [0.15, 0.2) is 30.3 Å². The van der Waals surface area contributed by atoms with Gasteiger partial charge in [-0.05, 0) is 12.0 Å². The molecule has 1 aromatic carbocycles. The molecule has 1 fully saturated rings. The van der Waals surface area contributed by atoms with Gasteiger partial charge in [-0.2, -0.15) is 0 Å². The normalized spacial score (nSPS) is 18.4.